The largest absolute Gasteiger partial charge is 0.420 e. The molecule has 1 aromatic heterocycles. The number of fused-ring (bicyclic) bond motifs is 1. The second-order valence-electron chi connectivity index (χ2n) is 6.21. The highest BCUT2D eigenvalue weighted by Crippen LogP contribution is 2.27. The average Bonchev–Trinajstić information content (AvgIpc) is 2.89. The van der Waals surface area contributed by atoms with Crippen molar-refractivity contribution in [2.24, 2.45) is 0 Å². The fourth-order valence-electron chi connectivity index (χ4n) is 3.21. The molecule has 6 nitrogen and oxygen atoms in total. The van der Waals surface area contributed by atoms with Crippen LogP contribution >= 0.6 is 11.6 Å². The van der Waals surface area contributed by atoms with Crippen molar-refractivity contribution < 1.29 is 9.21 Å². The molecule has 2 heterocycles. The first kappa shape index (κ1) is 17.0. The van der Waals surface area contributed by atoms with Gasteiger partial charge in [0.1, 0.15) is 0 Å². The van der Waals surface area contributed by atoms with Crippen molar-refractivity contribution in [3.63, 3.8) is 0 Å². The van der Waals surface area contributed by atoms with Crippen LogP contribution in [0.25, 0.3) is 11.1 Å². The first-order chi connectivity index (χ1) is 11.6. The Bertz CT molecular complexity index is 775. The van der Waals surface area contributed by atoms with Crippen molar-refractivity contribution in [3.8, 4) is 0 Å². The lowest BCUT2D eigenvalue weighted by Gasteiger charge is -2.31. The molecule has 0 bridgehead atoms. The molecule has 130 valence electrons. The van der Waals surface area contributed by atoms with Gasteiger partial charge in [0.15, 0.2) is 5.58 Å². The molecule has 1 fully saturated rings. The lowest BCUT2D eigenvalue weighted by atomic mass is 10.0. The Labute approximate surface area is 145 Å². The molecule has 0 radical (unpaired) electrons. The van der Waals surface area contributed by atoms with Crippen LogP contribution in [0, 0.1) is 0 Å². The van der Waals surface area contributed by atoms with Crippen molar-refractivity contribution in [1.82, 2.24) is 14.8 Å². The summed E-state index contributed by atoms with van der Waals surface area (Å²) in [5.41, 5.74) is 1.30. The van der Waals surface area contributed by atoms with Crippen LogP contribution in [0.15, 0.2) is 27.4 Å². The minimum Gasteiger partial charge on any atom is -0.408 e. The zero-order valence-electron chi connectivity index (χ0n) is 13.8. The summed E-state index contributed by atoms with van der Waals surface area (Å²) >= 11 is 6.05. The number of oxazole rings is 1. The van der Waals surface area contributed by atoms with Crippen LogP contribution in [0.1, 0.15) is 32.2 Å². The maximum atomic E-state index is 12.2. The topological polar surface area (TPSA) is 67.5 Å². The second kappa shape index (κ2) is 7.40. The molecular weight excluding hydrogens is 330 g/mol. The third-order valence-corrected chi connectivity index (χ3v) is 4.67. The fourth-order valence-corrected chi connectivity index (χ4v) is 3.38. The van der Waals surface area contributed by atoms with Gasteiger partial charge in [0.25, 0.3) is 0 Å². The van der Waals surface area contributed by atoms with Crippen molar-refractivity contribution in [2.45, 2.75) is 32.2 Å². The van der Waals surface area contributed by atoms with Gasteiger partial charge in [0.05, 0.1) is 12.1 Å². The Morgan fingerprint density at radius 2 is 2.12 bits per heavy atom. The molecule has 0 saturated carbocycles. The SMILES string of the molecule is CCCNC(=O)CN1CCC(n2c(=O)oc3ccc(Cl)cc32)CC1. The van der Waals surface area contributed by atoms with E-state index in [0.717, 1.165) is 37.9 Å². The third-order valence-electron chi connectivity index (χ3n) is 4.44. The highest BCUT2D eigenvalue weighted by molar-refractivity contribution is 6.31. The second-order valence-corrected chi connectivity index (χ2v) is 6.64. The van der Waals surface area contributed by atoms with Gasteiger partial charge in [0.2, 0.25) is 5.91 Å². The monoisotopic (exact) mass is 351 g/mol. The normalized spacial score (nSPS) is 16.6. The predicted molar refractivity (Wildman–Crippen MR) is 93.5 cm³/mol. The van der Waals surface area contributed by atoms with E-state index in [2.05, 4.69) is 10.2 Å². The molecule has 3 rings (SSSR count). The number of amides is 1. The molecule has 0 unspecified atom stereocenters. The lowest BCUT2D eigenvalue weighted by molar-refractivity contribution is -0.122. The Morgan fingerprint density at radius 3 is 2.83 bits per heavy atom. The van der Waals surface area contributed by atoms with Gasteiger partial charge in [-0.1, -0.05) is 18.5 Å². The number of hydrogen-bond donors (Lipinski definition) is 1. The molecule has 1 aliphatic rings. The van der Waals surface area contributed by atoms with Crippen LogP contribution in [0.4, 0.5) is 0 Å². The zero-order valence-corrected chi connectivity index (χ0v) is 14.5. The number of carbonyl (C=O) groups excluding carboxylic acids is 1. The number of hydrogen-bond acceptors (Lipinski definition) is 4. The molecule has 0 atom stereocenters. The van der Waals surface area contributed by atoms with E-state index in [1.54, 1.807) is 22.8 Å². The van der Waals surface area contributed by atoms with Crippen molar-refractivity contribution in [1.29, 1.82) is 0 Å². The Morgan fingerprint density at radius 1 is 1.38 bits per heavy atom. The summed E-state index contributed by atoms with van der Waals surface area (Å²) in [4.78, 5) is 26.1. The van der Waals surface area contributed by atoms with Gasteiger partial charge in [-0.25, -0.2) is 4.79 Å². The van der Waals surface area contributed by atoms with E-state index in [9.17, 15) is 9.59 Å². The minimum absolute atomic E-state index is 0.0630. The van der Waals surface area contributed by atoms with Crippen molar-refractivity contribution in [3.05, 3.63) is 33.8 Å². The van der Waals surface area contributed by atoms with Gasteiger partial charge < -0.3 is 9.73 Å². The van der Waals surface area contributed by atoms with Crippen LogP contribution in [0.2, 0.25) is 5.02 Å². The van der Waals surface area contributed by atoms with E-state index in [1.807, 2.05) is 6.92 Å². The standard InChI is InChI=1S/C17H22ClN3O3/c1-2-7-19-16(22)11-20-8-5-13(6-9-20)21-14-10-12(18)3-4-15(14)24-17(21)23/h3-4,10,13H,2,5-9,11H2,1H3,(H,19,22). The summed E-state index contributed by atoms with van der Waals surface area (Å²) in [7, 11) is 0. The lowest BCUT2D eigenvalue weighted by Crippen LogP contribution is -2.42. The van der Waals surface area contributed by atoms with E-state index >= 15 is 0 Å². The number of halogens is 1. The maximum Gasteiger partial charge on any atom is 0.420 e. The minimum atomic E-state index is -0.341. The van der Waals surface area contributed by atoms with E-state index in [4.69, 9.17) is 16.0 Å². The number of rotatable bonds is 5. The first-order valence-corrected chi connectivity index (χ1v) is 8.76. The smallest absolute Gasteiger partial charge is 0.408 e. The van der Waals surface area contributed by atoms with Crippen LogP contribution in [-0.4, -0.2) is 41.6 Å². The highest BCUT2D eigenvalue weighted by atomic mass is 35.5. The molecule has 7 heteroatoms. The number of piperidine rings is 1. The van der Waals surface area contributed by atoms with E-state index in [-0.39, 0.29) is 17.7 Å². The molecular formula is C17H22ClN3O3. The first-order valence-electron chi connectivity index (χ1n) is 8.38. The molecule has 1 aromatic carbocycles. The molecule has 1 saturated heterocycles. The number of likely N-dealkylation sites (tertiary alicyclic amines) is 1. The van der Waals surface area contributed by atoms with Gasteiger partial charge in [-0.2, -0.15) is 0 Å². The number of nitrogens with zero attached hydrogens (tertiary/aromatic N) is 2. The zero-order chi connectivity index (χ0) is 17.1. The van der Waals surface area contributed by atoms with Crippen LogP contribution in [0.3, 0.4) is 0 Å². The summed E-state index contributed by atoms with van der Waals surface area (Å²) in [5, 5.41) is 3.48. The summed E-state index contributed by atoms with van der Waals surface area (Å²) in [6.45, 7) is 4.73. The highest BCUT2D eigenvalue weighted by Gasteiger charge is 2.25. The summed E-state index contributed by atoms with van der Waals surface area (Å²) in [6.07, 6.45) is 2.55. The molecule has 1 aliphatic heterocycles. The van der Waals surface area contributed by atoms with E-state index < -0.39 is 0 Å². The van der Waals surface area contributed by atoms with E-state index in [0.29, 0.717) is 23.7 Å². The van der Waals surface area contributed by atoms with Crippen LogP contribution in [-0.2, 0) is 4.79 Å². The van der Waals surface area contributed by atoms with Gasteiger partial charge in [0, 0.05) is 30.7 Å². The molecule has 0 spiro atoms. The third kappa shape index (κ3) is 3.65. The van der Waals surface area contributed by atoms with Gasteiger partial charge in [-0.3, -0.25) is 14.3 Å². The van der Waals surface area contributed by atoms with E-state index in [1.165, 1.54) is 0 Å². The Hall–Kier alpha value is -1.79. The Kier molecular flexibility index (Phi) is 5.26. The molecule has 2 aromatic rings. The molecule has 1 N–H and O–H groups in total. The number of benzene rings is 1. The van der Waals surface area contributed by atoms with Crippen molar-refractivity contribution >= 4 is 28.6 Å². The molecule has 24 heavy (non-hydrogen) atoms. The van der Waals surface area contributed by atoms with Crippen molar-refractivity contribution in [2.75, 3.05) is 26.2 Å². The van der Waals surface area contributed by atoms with Gasteiger partial charge in [-0.05, 0) is 37.5 Å². The molecule has 1 amide bonds. The van der Waals surface area contributed by atoms with Gasteiger partial charge >= 0.3 is 5.76 Å². The predicted octanol–water partition coefficient (Wildman–Crippen LogP) is 2.41. The van der Waals surface area contributed by atoms with Crippen LogP contribution < -0.4 is 11.1 Å². The molecule has 0 aliphatic carbocycles. The maximum absolute atomic E-state index is 12.2. The number of carbonyl (C=O) groups is 1. The number of aromatic nitrogens is 1. The van der Waals surface area contributed by atoms with Gasteiger partial charge in [-0.15, -0.1) is 0 Å². The average molecular weight is 352 g/mol. The summed E-state index contributed by atoms with van der Waals surface area (Å²) in [6, 6.07) is 5.29. The Balaban J connectivity index is 1.67. The van der Waals surface area contributed by atoms with Crippen LogP contribution in [0.5, 0.6) is 0 Å². The summed E-state index contributed by atoms with van der Waals surface area (Å²) < 4.78 is 7.02. The fraction of sp³-hybridized carbons (Fsp3) is 0.529. The quantitative estimate of drug-likeness (QED) is 0.898. The number of nitrogens with one attached hydrogen (secondary N) is 1. The summed E-state index contributed by atoms with van der Waals surface area (Å²) in [5.74, 6) is -0.278.